The average Bonchev–Trinajstić information content (AvgIpc) is 3.07. The van der Waals surface area contributed by atoms with Gasteiger partial charge < -0.3 is 0 Å². The van der Waals surface area contributed by atoms with Crippen molar-refractivity contribution >= 4 is 22.4 Å². The van der Waals surface area contributed by atoms with Crippen LogP contribution in [0.1, 0.15) is 5.56 Å². The van der Waals surface area contributed by atoms with Gasteiger partial charge in [-0.1, -0.05) is 139 Å². The van der Waals surface area contributed by atoms with Gasteiger partial charge >= 0.3 is 0 Å². The molecule has 0 unspecified atom stereocenters. The third-order valence-corrected chi connectivity index (χ3v) is 8.34. The normalized spacial score (nSPS) is 11.1. The van der Waals surface area contributed by atoms with Gasteiger partial charge in [-0.05, 0) is 58.0 Å². The van der Waals surface area contributed by atoms with Crippen LogP contribution in [0.4, 0.5) is 0 Å². The van der Waals surface area contributed by atoms with Crippen LogP contribution < -0.4 is 5.56 Å². The van der Waals surface area contributed by atoms with E-state index in [1.807, 2.05) is 85.8 Å². The van der Waals surface area contributed by atoms with Crippen molar-refractivity contribution in [3.63, 3.8) is 0 Å². The molecule has 7 rings (SSSR count). The number of aromatic nitrogens is 2. The molecule has 3 nitrogen and oxygen atoms in total. The Labute approximate surface area is 255 Å². The van der Waals surface area contributed by atoms with Crippen molar-refractivity contribution in [2.45, 2.75) is 6.92 Å². The lowest BCUT2D eigenvalue weighted by atomic mass is 9.78. The second kappa shape index (κ2) is 11.2. The average molecular weight is 575 g/mol. The first kappa shape index (κ1) is 26.6. The molecule has 4 heteroatoms. The molecule has 1 heterocycles. The molecule has 0 fully saturated rings. The minimum Gasteiger partial charge on any atom is -0.267 e. The summed E-state index contributed by atoms with van der Waals surface area (Å²) >= 11 is 6.46. The van der Waals surface area contributed by atoms with Crippen LogP contribution in [0, 0.1) is 6.92 Å². The molecule has 0 amide bonds. The van der Waals surface area contributed by atoms with Crippen molar-refractivity contribution < 1.29 is 0 Å². The van der Waals surface area contributed by atoms with E-state index in [0.717, 1.165) is 61.0 Å². The van der Waals surface area contributed by atoms with Crippen molar-refractivity contribution in [1.82, 2.24) is 10.2 Å². The summed E-state index contributed by atoms with van der Waals surface area (Å²) in [4.78, 5) is 14.2. The van der Waals surface area contributed by atoms with Crippen LogP contribution in [0.2, 0.25) is 5.02 Å². The first-order valence-electron chi connectivity index (χ1n) is 14.2. The van der Waals surface area contributed by atoms with Crippen LogP contribution in [0.25, 0.3) is 66.5 Å². The van der Waals surface area contributed by atoms with Crippen LogP contribution in [-0.2, 0) is 0 Å². The number of rotatable bonds is 5. The highest BCUT2D eigenvalue weighted by molar-refractivity contribution is 6.31. The molecule has 1 N–H and O–H groups in total. The Morgan fingerprint density at radius 3 is 1.37 bits per heavy atom. The van der Waals surface area contributed by atoms with Crippen molar-refractivity contribution in [2.75, 3.05) is 0 Å². The molecule has 1 aromatic heterocycles. The number of fused-ring (bicyclic) bond motifs is 1. The largest absolute Gasteiger partial charge is 0.272 e. The lowest BCUT2D eigenvalue weighted by molar-refractivity contribution is 1.02. The van der Waals surface area contributed by atoms with Crippen LogP contribution >= 0.6 is 11.6 Å². The Hall–Kier alpha value is -5.25. The molecule has 6 aromatic carbocycles. The zero-order valence-corrected chi connectivity index (χ0v) is 24.3. The predicted molar refractivity (Wildman–Crippen MR) is 179 cm³/mol. The summed E-state index contributed by atoms with van der Waals surface area (Å²) in [7, 11) is 0. The number of H-pyrrole nitrogens is 1. The first-order chi connectivity index (χ1) is 21.1. The Morgan fingerprint density at radius 2 is 0.930 bits per heavy atom. The molecule has 206 valence electrons. The summed E-state index contributed by atoms with van der Waals surface area (Å²) in [6.07, 6.45) is 0. The predicted octanol–water partition coefficient (Wildman–Crippen LogP) is 10.2. The van der Waals surface area contributed by atoms with E-state index < -0.39 is 0 Å². The van der Waals surface area contributed by atoms with E-state index >= 15 is 0 Å². The van der Waals surface area contributed by atoms with Crippen molar-refractivity contribution in [3.05, 3.63) is 160 Å². The number of benzene rings is 6. The van der Waals surface area contributed by atoms with E-state index in [9.17, 15) is 4.79 Å². The summed E-state index contributed by atoms with van der Waals surface area (Å²) in [6.45, 7) is 1.98. The van der Waals surface area contributed by atoms with Gasteiger partial charge in [0.1, 0.15) is 0 Å². The van der Waals surface area contributed by atoms with E-state index in [1.54, 1.807) is 0 Å². The molecular weight excluding hydrogens is 548 g/mol. The number of hydrogen-bond donors (Lipinski definition) is 1. The summed E-state index contributed by atoms with van der Waals surface area (Å²) in [5.74, 6) is 0. The van der Waals surface area contributed by atoms with Gasteiger partial charge in [-0.2, -0.15) is 5.10 Å². The summed E-state index contributed by atoms with van der Waals surface area (Å²) in [5, 5.41) is 9.67. The van der Waals surface area contributed by atoms with Crippen molar-refractivity contribution in [2.24, 2.45) is 0 Å². The number of halogens is 1. The Balaban J connectivity index is 1.82. The highest BCUT2D eigenvalue weighted by Gasteiger charge is 2.28. The van der Waals surface area contributed by atoms with Gasteiger partial charge in [0.2, 0.25) is 0 Å². The Morgan fingerprint density at radius 1 is 0.512 bits per heavy atom. The fraction of sp³-hybridized carbons (Fsp3) is 0.0256. The third kappa shape index (κ3) is 4.74. The molecule has 43 heavy (non-hydrogen) atoms. The van der Waals surface area contributed by atoms with Gasteiger partial charge in [-0.15, -0.1) is 0 Å². The molecular formula is C39H27ClN2O. The van der Waals surface area contributed by atoms with Crippen LogP contribution in [0.5, 0.6) is 0 Å². The van der Waals surface area contributed by atoms with Crippen LogP contribution in [0.15, 0.2) is 144 Å². The molecule has 0 saturated carbocycles. The molecule has 0 aliphatic heterocycles. The number of aromatic amines is 1. The summed E-state index contributed by atoms with van der Waals surface area (Å²) in [5.41, 5.74) is 10.2. The van der Waals surface area contributed by atoms with Crippen LogP contribution in [-0.4, -0.2) is 10.2 Å². The van der Waals surface area contributed by atoms with E-state index in [4.69, 9.17) is 16.7 Å². The van der Waals surface area contributed by atoms with Crippen molar-refractivity contribution in [3.8, 4) is 55.8 Å². The van der Waals surface area contributed by atoms with E-state index in [2.05, 4.69) is 65.8 Å². The minimum absolute atomic E-state index is 0.239. The quantitative estimate of drug-likeness (QED) is 0.222. The molecule has 0 bridgehead atoms. The Bertz CT molecular complexity index is 2140. The maximum Gasteiger partial charge on any atom is 0.272 e. The van der Waals surface area contributed by atoms with Crippen molar-refractivity contribution in [1.29, 1.82) is 0 Å². The summed E-state index contributed by atoms with van der Waals surface area (Å²) in [6, 6.07) is 47.2. The number of hydrogen-bond acceptors (Lipinski definition) is 2. The summed E-state index contributed by atoms with van der Waals surface area (Å²) < 4.78 is 0. The van der Waals surface area contributed by atoms with Gasteiger partial charge in [0.25, 0.3) is 5.56 Å². The molecule has 0 saturated heterocycles. The number of aryl methyl sites for hydroxylation is 1. The number of nitrogens with one attached hydrogen (secondary N) is 1. The minimum atomic E-state index is -0.239. The van der Waals surface area contributed by atoms with Crippen LogP contribution in [0.3, 0.4) is 0 Å². The standard InChI is InChI=1S/C39H27ClN2O/c1-25-24-30(22-23-31(25)40)38-36-34(28-18-10-4-11-19-28)32(26-14-6-2-7-15-26)33(27-16-8-3-9-17-27)35(29-20-12-5-13-21-29)37(36)39(43)42-41-38/h2-24H,1H3,(H,42,43). The molecule has 0 atom stereocenters. The van der Waals surface area contributed by atoms with Gasteiger partial charge in [0.15, 0.2) is 0 Å². The lowest BCUT2D eigenvalue weighted by Gasteiger charge is -2.24. The van der Waals surface area contributed by atoms with Gasteiger partial charge in [-0.3, -0.25) is 4.79 Å². The SMILES string of the molecule is Cc1cc(-c2n[nH]c(=O)c3c(-c4ccccc4)c(-c4ccccc4)c(-c4ccccc4)c(-c4ccccc4)c23)ccc1Cl. The molecule has 0 aliphatic carbocycles. The van der Waals surface area contributed by atoms with Gasteiger partial charge in [-0.25, -0.2) is 5.10 Å². The van der Waals surface area contributed by atoms with E-state index in [0.29, 0.717) is 16.1 Å². The third-order valence-electron chi connectivity index (χ3n) is 7.91. The molecule has 0 aliphatic rings. The highest BCUT2D eigenvalue weighted by atomic mass is 35.5. The molecule has 7 aromatic rings. The van der Waals surface area contributed by atoms with Gasteiger partial charge in [0.05, 0.1) is 11.1 Å². The Kier molecular flexibility index (Phi) is 6.94. The zero-order valence-electron chi connectivity index (χ0n) is 23.5. The maximum atomic E-state index is 14.2. The number of nitrogens with zero attached hydrogens (tertiary/aromatic N) is 1. The van der Waals surface area contributed by atoms with Gasteiger partial charge in [0, 0.05) is 27.1 Å². The molecule has 0 spiro atoms. The monoisotopic (exact) mass is 574 g/mol. The molecule has 0 radical (unpaired) electrons. The van der Waals surface area contributed by atoms with E-state index in [-0.39, 0.29) is 5.56 Å². The maximum absolute atomic E-state index is 14.2. The topological polar surface area (TPSA) is 45.8 Å². The fourth-order valence-corrected chi connectivity index (χ4v) is 6.12. The zero-order chi connectivity index (χ0) is 29.3. The smallest absolute Gasteiger partial charge is 0.267 e. The lowest BCUT2D eigenvalue weighted by Crippen LogP contribution is -2.13. The fourth-order valence-electron chi connectivity index (χ4n) is 6.01. The second-order valence-electron chi connectivity index (χ2n) is 10.6. The van der Waals surface area contributed by atoms with E-state index in [1.165, 1.54) is 0 Å². The second-order valence-corrected chi connectivity index (χ2v) is 11.0. The highest BCUT2D eigenvalue weighted by Crippen LogP contribution is 2.51. The first-order valence-corrected chi connectivity index (χ1v) is 14.6.